The van der Waals surface area contributed by atoms with Gasteiger partial charge in [0.05, 0.1) is 17.0 Å². The van der Waals surface area contributed by atoms with Crippen molar-refractivity contribution in [1.29, 1.82) is 0 Å². The largest absolute Gasteiger partial charge is 0.506 e. The van der Waals surface area contributed by atoms with Crippen LogP contribution in [0.4, 0.5) is 0 Å². The van der Waals surface area contributed by atoms with Gasteiger partial charge in [-0.3, -0.25) is 14.4 Å². The van der Waals surface area contributed by atoms with E-state index in [4.69, 9.17) is 0 Å². The van der Waals surface area contributed by atoms with E-state index in [1.54, 1.807) is 29.2 Å². The van der Waals surface area contributed by atoms with Crippen LogP contribution < -0.4 is 10.9 Å². The number of amides is 1. The Bertz CT molecular complexity index is 1590. The summed E-state index contributed by atoms with van der Waals surface area (Å²) >= 11 is 0. The van der Waals surface area contributed by atoms with Crippen molar-refractivity contribution < 1.29 is 24.9 Å². The summed E-state index contributed by atoms with van der Waals surface area (Å²) < 4.78 is 0. The Morgan fingerprint density at radius 2 is 1.66 bits per heavy atom. The summed E-state index contributed by atoms with van der Waals surface area (Å²) in [6.07, 6.45) is 0.583. The minimum Gasteiger partial charge on any atom is -0.506 e. The number of carboxylic acid groups (broad SMARTS) is 1. The lowest BCUT2D eigenvalue weighted by molar-refractivity contribution is -0.145. The van der Waals surface area contributed by atoms with Crippen LogP contribution in [0.3, 0.4) is 0 Å². The Hall–Kier alpha value is -4.47. The molecule has 0 saturated carbocycles. The fraction of sp³-hybridized carbons (Fsp3) is 0.281. The van der Waals surface area contributed by atoms with Crippen molar-refractivity contribution in [2.24, 2.45) is 0 Å². The van der Waals surface area contributed by atoms with Crippen LogP contribution in [-0.4, -0.2) is 63.3 Å². The number of piperidine rings is 1. The lowest BCUT2D eigenvalue weighted by Gasteiger charge is -2.39. The van der Waals surface area contributed by atoms with Gasteiger partial charge in [-0.25, -0.2) is 0 Å². The average molecular weight is 556 g/mol. The number of carbonyl (C=O) groups is 2. The van der Waals surface area contributed by atoms with Crippen LogP contribution in [0.5, 0.6) is 5.75 Å². The zero-order valence-electron chi connectivity index (χ0n) is 22.5. The summed E-state index contributed by atoms with van der Waals surface area (Å²) in [6.45, 7) is 1.63. The second-order valence-corrected chi connectivity index (χ2v) is 10.5. The van der Waals surface area contributed by atoms with E-state index in [-0.39, 0.29) is 23.8 Å². The number of phenolic OH excluding ortho intramolecular Hbond substituents is 1. The molecule has 1 aliphatic rings. The van der Waals surface area contributed by atoms with Crippen molar-refractivity contribution in [3.05, 3.63) is 111 Å². The number of carbonyl (C=O) groups excluding carboxylic acids is 1. The first-order valence-electron chi connectivity index (χ1n) is 13.7. The van der Waals surface area contributed by atoms with Gasteiger partial charge in [0.25, 0.3) is 5.91 Å². The first-order chi connectivity index (χ1) is 19.8. The molecule has 3 aromatic carbocycles. The maximum atomic E-state index is 13.1. The maximum absolute atomic E-state index is 13.1. The number of rotatable bonds is 9. The topological polar surface area (TPSA) is 143 Å². The molecule has 1 aliphatic heterocycles. The lowest BCUT2D eigenvalue weighted by atomic mass is 9.73. The molecule has 4 aromatic rings. The van der Waals surface area contributed by atoms with Gasteiger partial charge >= 0.3 is 5.97 Å². The zero-order chi connectivity index (χ0) is 29.0. The highest BCUT2D eigenvalue weighted by Crippen LogP contribution is 2.36. The Labute approximate surface area is 237 Å². The van der Waals surface area contributed by atoms with Gasteiger partial charge in [-0.05, 0) is 66.8 Å². The van der Waals surface area contributed by atoms with Gasteiger partial charge in [0, 0.05) is 36.7 Å². The number of pyridine rings is 1. The van der Waals surface area contributed by atoms with E-state index in [1.807, 2.05) is 42.5 Å². The van der Waals surface area contributed by atoms with E-state index in [1.165, 1.54) is 12.1 Å². The summed E-state index contributed by atoms with van der Waals surface area (Å²) in [7, 11) is 0. The summed E-state index contributed by atoms with van der Waals surface area (Å²) in [6, 6.07) is 22.7. The number of aromatic hydroxyl groups is 1. The quantitative estimate of drug-likeness (QED) is 0.199. The highest BCUT2D eigenvalue weighted by molar-refractivity contribution is 5.94. The molecule has 9 heteroatoms. The Kier molecular flexibility index (Phi) is 8.19. The second-order valence-electron chi connectivity index (χ2n) is 10.5. The molecule has 0 radical (unpaired) electrons. The number of H-pyrrole nitrogens is 1. The molecule has 1 atom stereocenters. The molecular formula is C32H33N3O6. The molecule has 212 valence electrons. The van der Waals surface area contributed by atoms with Crippen molar-refractivity contribution in [2.75, 3.05) is 26.2 Å². The van der Waals surface area contributed by atoms with Gasteiger partial charge in [-0.1, -0.05) is 48.5 Å². The van der Waals surface area contributed by atoms with Crippen LogP contribution in [0.25, 0.3) is 10.9 Å². The normalized spacial score (nSPS) is 15.5. The number of aromatic nitrogens is 1. The van der Waals surface area contributed by atoms with Gasteiger partial charge in [0.15, 0.2) is 0 Å². The number of nitrogens with zero attached hydrogens (tertiary/aromatic N) is 1. The van der Waals surface area contributed by atoms with E-state index in [0.29, 0.717) is 60.9 Å². The van der Waals surface area contributed by atoms with Crippen molar-refractivity contribution in [3.63, 3.8) is 0 Å². The third kappa shape index (κ3) is 5.86. The number of phenols is 1. The monoisotopic (exact) mass is 555 g/mol. The van der Waals surface area contributed by atoms with E-state index in [0.717, 1.165) is 11.1 Å². The lowest BCUT2D eigenvalue weighted by Crippen LogP contribution is -2.49. The predicted molar refractivity (Wildman–Crippen MR) is 155 cm³/mol. The first kappa shape index (κ1) is 28.1. The van der Waals surface area contributed by atoms with Crippen LogP contribution >= 0.6 is 0 Å². The maximum Gasteiger partial charge on any atom is 0.314 e. The summed E-state index contributed by atoms with van der Waals surface area (Å²) in [4.78, 5) is 41.3. The molecule has 0 unspecified atom stereocenters. The molecule has 5 N–H and O–H groups in total. The second kappa shape index (κ2) is 12.0. The molecule has 1 aromatic heterocycles. The first-order valence-corrected chi connectivity index (χ1v) is 13.7. The number of fused-ring (bicyclic) bond motifs is 1. The molecule has 5 rings (SSSR count). The predicted octanol–water partition coefficient (Wildman–Crippen LogP) is 3.36. The number of aliphatic hydroxyl groups excluding tert-OH is 1. The fourth-order valence-electron chi connectivity index (χ4n) is 5.60. The molecule has 0 bridgehead atoms. The third-order valence-electron chi connectivity index (χ3n) is 8.03. The number of likely N-dealkylation sites (tertiary alicyclic amines) is 1. The number of nitrogens with one attached hydrogen (secondary N) is 2. The zero-order valence-corrected chi connectivity index (χ0v) is 22.5. The van der Waals surface area contributed by atoms with Crippen molar-refractivity contribution in [1.82, 2.24) is 15.2 Å². The number of aliphatic carboxylic acids is 1. The van der Waals surface area contributed by atoms with E-state index < -0.39 is 17.5 Å². The molecule has 41 heavy (non-hydrogen) atoms. The van der Waals surface area contributed by atoms with E-state index in [2.05, 4.69) is 10.3 Å². The van der Waals surface area contributed by atoms with E-state index >= 15 is 0 Å². The molecular weight excluding hydrogens is 522 g/mol. The molecule has 1 amide bonds. The van der Waals surface area contributed by atoms with Crippen molar-refractivity contribution in [2.45, 2.75) is 30.8 Å². The Morgan fingerprint density at radius 1 is 0.951 bits per heavy atom. The van der Waals surface area contributed by atoms with Crippen LogP contribution in [0.2, 0.25) is 0 Å². The molecule has 0 spiro atoms. The van der Waals surface area contributed by atoms with Crippen LogP contribution in [-0.2, 0) is 16.6 Å². The highest BCUT2D eigenvalue weighted by atomic mass is 16.4. The average Bonchev–Trinajstić information content (AvgIpc) is 3.00. The summed E-state index contributed by atoms with van der Waals surface area (Å²) in [5.74, 6) is -1.01. The Balaban J connectivity index is 1.13. The molecule has 2 heterocycles. The third-order valence-corrected chi connectivity index (χ3v) is 8.03. The molecule has 1 saturated heterocycles. The van der Waals surface area contributed by atoms with Gasteiger partial charge < -0.3 is 30.5 Å². The summed E-state index contributed by atoms with van der Waals surface area (Å²) in [5, 5.41) is 34.6. The summed E-state index contributed by atoms with van der Waals surface area (Å²) in [5.41, 5.74) is 1.97. The SMILES string of the molecule is O=C(c1ccc(CCNC[C@H](O)c2ccc(O)c3[nH]c(=O)ccc23)cc1)N1CCC(C(=O)O)(c2ccccc2)CC1. The van der Waals surface area contributed by atoms with Crippen LogP contribution in [0.1, 0.15) is 46.0 Å². The molecule has 0 aliphatic carbocycles. The smallest absolute Gasteiger partial charge is 0.314 e. The number of aromatic amines is 1. The number of hydrogen-bond acceptors (Lipinski definition) is 6. The number of aliphatic hydroxyl groups is 1. The Morgan fingerprint density at radius 3 is 2.34 bits per heavy atom. The van der Waals surface area contributed by atoms with Gasteiger partial charge in [0.2, 0.25) is 5.56 Å². The number of hydrogen-bond donors (Lipinski definition) is 5. The van der Waals surface area contributed by atoms with Gasteiger partial charge in [-0.2, -0.15) is 0 Å². The minimum atomic E-state index is -0.975. The van der Waals surface area contributed by atoms with Gasteiger partial charge in [-0.15, -0.1) is 0 Å². The van der Waals surface area contributed by atoms with Crippen molar-refractivity contribution >= 4 is 22.8 Å². The molecule has 9 nitrogen and oxygen atoms in total. The van der Waals surface area contributed by atoms with Crippen LogP contribution in [0, 0.1) is 0 Å². The number of carboxylic acids is 1. The van der Waals surface area contributed by atoms with Crippen LogP contribution in [0.15, 0.2) is 83.7 Å². The number of benzene rings is 3. The fourth-order valence-corrected chi connectivity index (χ4v) is 5.60. The minimum absolute atomic E-state index is 0.0515. The van der Waals surface area contributed by atoms with Gasteiger partial charge in [0.1, 0.15) is 5.75 Å². The highest BCUT2D eigenvalue weighted by Gasteiger charge is 2.43. The van der Waals surface area contributed by atoms with Crippen molar-refractivity contribution in [3.8, 4) is 5.75 Å². The standard InChI is InChI=1S/C32H33N3O6/c36-26-12-10-24(25-11-13-28(38)34-29(25)26)27(37)20-33-17-14-21-6-8-22(9-7-21)30(39)35-18-15-32(16-19-35,31(40)41)23-4-2-1-3-5-23/h1-13,27,33,36-37H,14-20H2,(H,34,38)(H,40,41)/t27-/m0/s1. The molecule has 1 fully saturated rings. The van der Waals surface area contributed by atoms with E-state index in [9.17, 15) is 29.7 Å².